The smallest absolute Gasteiger partial charge is 0.0372 e. The van der Waals surface area contributed by atoms with E-state index in [1.54, 1.807) is 0 Å². The lowest BCUT2D eigenvalue weighted by atomic mass is 9.99. The minimum atomic E-state index is 1.06. The summed E-state index contributed by atoms with van der Waals surface area (Å²) in [4.78, 5) is 2.42. The van der Waals surface area contributed by atoms with E-state index in [2.05, 4.69) is 62.9 Å². The maximum absolute atomic E-state index is 2.42. The highest BCUT2D eigenvalue weighted by molar-refractivity contribution is 5.80. The van der Waals surface area contributed by atoms with Gasteiger partial charge in [-0.05, 0) is 79.6 Å². The van der Waals surface area contributed by atoms with Crippen molar-refractivity contribution < 1.29 is 0 Å². The van der Waals surface area contributed by atoms with Gasteiger partial charge in [0.2, 0.25) is 0 Å². The lowest BCUT2D eigenvalue weighted by Crippen LogP contribution is -2.21. The molecule has 0 saturated carbocycles. The molecule has 0 saturated heterocycles. The molecule has 0 unspecified atom stereocenters. The summed E-state index contributed by atoms with van der Waals surface area (Å²) in [6, 6.07) is 11.7. The molecule has 0 aliphatic heterocycles. The number of hydrogen-bond acceptors (Lipinski definition) is 1. The molecule has 0 N–H and O–H groups in total. The van der Waals surface area contributed by atoms with E-state index < -0.39 is 0 Å². The predicted molar refractivity (Wildman–Crippen MR) is 87.7 cm³/mol. The molecule has 1 heteroatoms. The van der Waals surface area contributed by atoms with Crippen molar-refractivity contribution in [1.82, 2.24) is 0 Å². The molecule has 2 aromatic carbocycles. The molecule has 20 heavy (non-hydrogen) atoms. The molecule has 0 amide bonds. The van der Waals surface area contributed by atoms with Crippen molar-refractivity contribution in [1.29, 1.82) is 0 Å². The molecule has 0 spiro atoms. The van der Waals surface area contributed by atoms with Crippen LogP contribution < -0.4 is 4.90 Å². The van der Waals surface area contributed by atoms with Crippen LogP contribution in [0.2, 0.25) is 0 Å². The maximum Gasteiger partial charge on any atom is 0.0372 e. The van der Waals surface area contributed by atoms with Gasteiger partial charge in [0.15, 0.2) is 0 Å². The summed E-state index contributed by atoms with van der Waals surface area (Å²) in [6.45, 7) is 11.0. The van der Waals surface area contributed by atoms with Gasteiger partial charge < -0.3 is 4.90 Å². The highest BCUT2D eigenvalue weighted by Gasteiger charge is 2.20. The first-order valence-corrected chi connectivity index (χ1v) is 7.62. The number of fused-ring (bicyclic) bond motifs is 3. The lowest BCUT2D eigenvalue weighted by molar-refractivity contribution is 0.866. The molecule has 1 aliphatic rings. The molecular formula is C19H23N. The van der Waals surface area contributed by atoms with E-state index in [-0.39, 0.29) is 0 Å². The minimum Gasteiger partial charge on any atom is -0.372 e. The molecule has 104 valence electrons. The SMILES string of the molecule is CCN(CC)c1ccc2c(c1)-c1cc(C)c(C)cc1C2. The summed E-state index contributed by atoms with van der Waals surface area (Å²) in [5.74, 6) is 0. The van der Waals surface area contributed by atoms with Crippen molar-refractivity contribution in [3.05, 3.63) is 52.6 Å². The van der Waals surface area contributed by atoms with Crippen LogP contribution in [0.3, 0.4) is 0 Å². The minimum absolute atomic E-state index is 1.06. The van der Waals surface area contributed by atoms with Crippen LogP contribution in [0, 0.1) is 13.8 Å². The van der Waals surface area contributed by atoms with Crippen molar-refractivity contribution in [2.45, 2.75) is 34.1 Å². The van der Waals surface area contributed by atoms with Crippen LogP contribution in [0.5, 0.6) is 0 Å². The summed E-state index contributed by atoms with van der Waals surface area (Å²) < 4.78 is 0. The Morgan fingerprint density at radius 3 is 2.20 bits per heavy atom. The van der Waals surface area contributed by atoms with Gasteiger partial charge in [-0.3, -0.25) is 0 Å². The third kappa shape index (κ3) is 2.02. The van der Waals surface area contributed by atoms with Gasteiger partial charge in [-0.2, -0.15) is 0 Å². The molecule has 0 fully saturated rings. The van der Waals surface area contributed by atoms with Gasteiger partial charge in [0.1, 0.15) is 0 Å². The average molecular weight is 265 g/mol. The largest absolute Gasteiger partial charge is 0.372 e. The fourth-order valence-electron chi connectivity index (χ4n) is 3.23. The van der Waals surface area contributed by atoms with Crippen LogP contribution in [0.4, 0.5) is 5.69 Å². The second-order valence-electron chi connectivity index (χ2n) is 5.78. The van der Waals surface area contributed by atoms with Gasteiger partial charge in [-0.15, -0.1) is 0 Å². The highest BCUT2D eigenvalue weighted by atomic mass is 15.1. The Balaban J connectivity index is 2.10. The fraction of sp³-hybridized carbons (Fsp3) is 0.368. The Morgan fingerprint density at radius 2 is 1.50 bits per heavy atom. The number of hydrogen-bond donors (Lipinski definition) is 0. The van der Waals surface area contributed by atoms with Crippen molar-refractivity contribution >= 4 is 5.69 Å². The zero-order valence-corrected chi connectivity index (χ0v) is 13.0. The maximum atomic E-state index is 2.42. The average Bonchev–Trinajstić information content (AvgIpc) is 2.78. The Morgan fingerprint density at radius 1 is 0.850 bits per heavy atom. The van der Waals surface area contributed by atoms with Gasteiger partial charge in [0, 0.05) is 18.8 Å². The summed E-state index contributed by atoms with van der Waals surface area (Å²) in [7, 11) is 0. The summed E-state index contributed by atoms with van der Waals surface area (Å²) in [6.07, 6.45) is 1.09. The molecule has 0 radical (unpaired) electrons. The summed E-state index contributed by atoms with van der Waals surface area (Å²) in [5, 5.41) is 0. The van der Waals surface area contributed by atoms with Crippen molar-refractivity contribution in [3.63, 3.8) is 0 Å². The molecule has 1 nitrogen and oxygen atoms in total. The first-order valence-electron chi connectivity index (χ1n) is 7.62. The molecule has 1 aliphatic carbocycles. The molecule has 2 aromatic rings. The number of benzene rings is 2. The monoisotopic (exact) mass is 265 g/mol. The zero-order valence-electron chi connectivity index (χ0n) is 13.0. The Kier molecular flexibility index (Phi) is 3.29. The van der Waals surface area contributed by atoms with Gasteiger partial charge in [-0.1, -0.05) is 18.2 Å². The highest BCUT2D eigenvalue weighted by Crippen LogP contribution is 2.39. The van der Waals surface area contributed by atoms with E-state index in [0.717, 1.165) is 19.5 Å². The van der Waals surface area contributed by atoms with E-state index >= 15 is 0 Å². The molecule has 0 heterocycles. The second kappa shape index (κ2) is 4.97. The standard InChI is InChI=1S/C19H23N/c1-5-20(6-2)17-8-7-15-11-16-9-13(3)14(4)10-18(16)19(15)12-17/h7-10,12H,5-6,11H2,1-4H3. The lowest BCUT2D eigenvalue weighted by Gasteiger charge is -2.22. The van der Waals surface area contributed by atoms with Crippen LogP contribution in [0.15, 0.2) is 30.3 Å². The molecule has 0 bridgehead atoms. The van der Waals surface area contributed by atoms with Gasteiger partial charge >= 0.3 is 0 Å². The molecule has 3 rings (SSSR count). The van der Waals surface area contributed by atoms with Gasteiger partial charge in [-0.25, -0.2) is 0 Å². The summed E-state index contributed by atoms with van der Waals surface area (Å²) >= 11 is 0. The topological polar surface area (TPSA) is 3.24 Å². The van der Waals surface area contributed by atoms with E-state index in [9.17, 15) is 0 Å². The van der Waals surface area contributed by atoms with Crippen LogP contribution in [-0.4, -0.2) is 13.1 Å². The van der Waals surface area contributed by atoms with E-state index in [0.29, 0.717) is 0 Å². The van der Waals surface area contributed by atoms with Crippen LogP contribution >= 0.6 is 0 Å². The first-order chi connectivity index (χ1) is 9.63. The van der Waals surface area contributed by atoms with Crippen molar-refractivity contribution in [2.24, 2.45) is 0 Å². The Bertz CT molecular complexity index is 651. The Hall–Kier alpha value is -1.76. The number of anilines is 1. The second-order valence-corrected chi connectivity index (χ2v) is 5.78. The summed E-state index contributed by atoms with van der Waals surface area (Å²) in [5.41, 5.74) is 9.98. The van der Waals surface area contributed by atoms with Gasteiger partial charge in [0.05, 0.1) is 0 Å². The van der Waals surface area contributed by atoms with Crippen LogP contribution in [0.25, 0.3) is 11.1 Å². The van der Waals surface area contributed by atoms with Gasteiger partial charge in [0.25, 0.3) is 0 Å². The van der Waals surface area contributed by atoms with E-state index in [1.165, 1.54) is 39.1 Å². The number of rotatable bonds is 3. The molecule has 0 aromatic heterocycles. The zero-order chi connectivity index (χ0) is 14.3. The van der Waals surface area contributed by atoms with Crippen LogP contribution in [0.1, 0.15) is 36.1 Å². The normalized spacial score (nSPS) is 12.2. The molecular weight excluding hydrogens is 242 g/mol. The third-order valence-corrected chi connectivity index (χ3v) is 4.61. The third-order valence-electron chi connectivity index (χ3n) is 4.61. The Labute approximate surface area is 122 Å². The fourth-order valence-corrected chi connectivity index (χ4v) is 3.23. The van der Waals surface area contributed by atoms with E-state index in [4.69, 9.17) is 0 Å². The van der Waals surface area contributed by atoms with Crippen molar-refractivity contribution in [2.75, 3.05) is 18.0 Å². The van der Waals surface area contributed by atoms with Crippen LogP contribution in [-0.2, 0) is 6.42 Å². The van der Waals surface area contributed by atoms with E-state index in [1.807, 2.05) is 0 Å². The number of nitrogens with zero attached hydrogens (tertiary/aromatic N) is 1. The number of aryl methyl sites for hydroxylation is 2. The predicted octanol–water partition coefficient (Wildman–Crippen LogP) is 4.72. The first kappa shape index (κ1) is 13.2. The quantitative estimate of drug-likeness (QED) is 0.662. The van der Waals surface area contributed by atoms with Crippen molar-refractivity contribution in [3.8, 4) is 11.1 Å². The molecule has 0 atom stereocenters.